The van der Waals surface area contributed by atoms with Crippen LogP contribution in [-0.4, -0.2) is 33.1 Å². The van der Waals surface area contributed by atoms with Gasteiger partial charge in [-0.05, 0) is 30.0 Å². The van der Waals surface area contributed by atoms with Crippen LogP contribution in [0.1, 0.15) is 12.7 Å². The van der Waals surface area contributed by atoms with Crippen molar-refractivity contribution in [1.82, 2.24) is 9.36 Å². The van der Waals surface area contributed by atoms with Gasteiger partial charge in [-0.2, -0.15) is 14.6 Å². The fraction of sp³-hybridized carbons (Fsp3) is 0.158. The van der Waals surface area contributed by atoms with Gasteiger partial charge < -0.3 is 9.15 Å². The van der Waals surface area contributed by atoms with Crippen molar-refractivity contribution in [3.05, 3.63) is 51.8 Å². The highest BCUT2D eigenvalue weighted by Gasteiger charge is 2.20. The van der Waals surface area contributed by atoms with E-state index < -0.39 is 10.8 Å². The van der Waals surface area contributed by atoms with Gasteiger partial charge in [0.1, 0.15) is 28.9 Å². The van der Waals surface area contributed by atoms with Gasteiger partial charge in [0, 0.05) is 17.6 Å². The second kappa shape index (κ2) is 9.88. The quantitative estimate of drug-likeness (QED) is 0.171. The van der Waals surface area contributed by atoms with Gasteiger partial charge >= 0.3 is 0 Å². The first-order valence-corrected chi connectivity index (χ1v) is 10.5. The van der Waals surface area contributed by atoms with Gasteiger partial charge in [-0.15, -0.1) is 0 Å². The Hall–Kier alpha value is -3.69. The summed E-state index contributed by atoms with van der Waals surface area (Å²) in [7, 11) is 1.41. The number of thioether (sulfide) groups is 1. The summed E-state index contributed by atoms with van der Waals surface area (Å²) in [5, 5.41) is 24.1. The number of nitro benzene ring substituents is 1. The van der Waals surface area contributed by atoms with Gasteiger partial charge in [-0.3, -0.25) is 20.2 Å². The first-order chi connectivity index (χ1) is 14.9. The van der Waals surface area contributed by atoms with Crippen LogP contribution in [0.3, 0.4) is 0 Å². The molecular weight excluding hydrogens is 442 g/mol. The number of carbonyl (C=O) groups is 1. The van der Waals surface area contributed by atoms with E-state index >= 15 is 0 Å². The fourth-order valence-electron chi connectivity index (χ4n) is 2.48. The molecule has 2 heterocycles. The van der Waals surface area contributed by atoms with Crippen molar-refractivity contribution < 1.29 is 18.9 Å². The molecule has 10 nitrogen and oxygen atoms in total. The molecule has 1 amide bonds. The molecule has 0 aliphatic carbocycles. The van der Waals surface area contributed by atoms with Gasteiger partial charge in [0.15, 0.2) is 0 Å². The zero-order valence-corrected chi connectivity index (χ0v) is 18.0. The third-order valence-electron chi connectivity index (χ3n) is 3.85. The van der Waals surface area contributed by atoms with Crippen LogP contribution in [0.2, 0.25) is 0 Å². The average molecular weight is 457 g/mol. The van der Waals surface area contributed by atoms with E-state index in [0.717, 1.165) is 17.3 Å². The number of benzene rings is 1. The topological polar surface area (TPSA) is 144 Å². The Labute approximate surface area is 184 Å². The molecule has 12 heteroatoms. The summed E-state index contributed by atoms with van der Waals surface area (Å²) in [5.41, 5.74) is -0.173. The highest BCUT2D eigenvalue weighted by atomic mass is 32.2. The lowest BCUT2D eigenvalue weighted by atomic mass is 10.1. The van der Waals surface area contributed by atoms with E-state index in [1.54, 1.807) is 6.07 Å². The molecule has 2 aromatic heterocycles. The summed E-state index contributed by atoms with van der Waals surface area (Å²) in [6, 6.07) is 9.20. The van der Waals surface area contributed by atoms with E-state index in [-0.39, 0.29) is 33.5 Å². The molecule has 0 aliphatic heterocycles. The smallest absolute Gasteiger partial charge is 0.284 e. The highest BCUT2D eigenvalue weighted by Crippen LogP contribution is 2.34. The molecule has 1 aromatic carbocycles. The summed E-state index contributed by atoms with van der Waals surface area (Å²) in [4.78, 5) is 27.4. The van der Waals surface area contributed by atoms with Gasteiger partial charge in [0.25, 0.3) is 11.6 Å². The number of anilines is 1. The van der Waals surface area contributed by atoms with Crippen LogP contribution in [-0.2, 0) is 4.79 Å². The minimum absolute atomic E-state index is 0.186. The lowest BCUT2D eigenvalue weighted by Crippen LogP contribution is -2.13. The number of aromatic nitrogens is 2. The molecule has 0 saturated heterocycles. The standard InChI is InChI=1S/C19H15N5O5S2/c1-3-30-19-22-18(31-23-19)21-17(25)11(10-20)8-13-5-7-16(29-13)14-6-4-12(28-2)9-15(14)24(26)27/h4-9H,3H2,1-2H3,(H,21,22,23,25)/b11-8-. The molecule has 1 N–H and O–H groups in total. The number of nitriles is 1. The Morgan fingerprint density at radius 2 is 2.26 bits per heavy atom. The first-order valence-electron chi connectivity index (χ1n) is 8.77. The third-order valence-corrected chi connectivity index (χ3v) is 5.32. The van der Waals surface area contributed by atoms with Crippen molar-refractivity contribution in [2.75, 3.05) is 18.2 Å². The summed E-state index contributed by atoms with van der Waals surface area (Å²) >= 11 is 2.45. The number of hydrogen-bond acceptors (Lipinski definition) is 10. The molecule has 3 rings (SSSR count). The molecule has 31 heavy (non-hydrogen) atoms. The third kappa shape index (κ3) is 5.27. The number of hydrogen-bond donors (Lipinski definition) is 1. The first kappa shape index (κ1) is 22.0. The molecule has 3 aromatic rings. The van der Waals surface area contributed by atoms with Crippen molar-refractivity contribution in [3.63, 3.8) is 0 Å². The Bertz CT molecular complexity index is 1190. The van der Waals surface area contributed by atoms with Crippen molar-refractivity contribution in [3.8, 4) is 23.1 Å². The lowest BCUT2D eigenvalue weighted by Gasteiger charge is -2.03. The van der Waals surface area contributed by atoms with E-state index in [1.165, 1.54) is 49.2 Å². The SMILES string of the molecule is CCSc1nsc(NC(=O)/C(C#N)=C\c2ccc(-c3ccc(OC)cc3[N+](=O)[O-])o2)n1. The number of nitro groups is 1. The number of furan rings is 1. The number of rotatable bonds is 8. The van der Waals surface area contributed by atoms with E-state index in [2.05, 4.69) is 14.7 Å². The van der Waals surface area contributed by atoms with Crippen molar-refractivity contribution in [2.24, 2.45) is 0 Å². The summed E-state index contributed by atoms with van der Waals surface area (Å²) in [6.45, 7) is 1.96. The van der Waals surface area contributed by atoms with Crippen molar-refractivity contribution in [1.29, 1.82) is 5.26 Å². The highest BCUT2D eigenvalue weighted by molar-refractivity contribution is 7.99. The predicted molar refractivity (Wildman–Crippen MR) is 116 cm³/mol. The monoisotopic (exact) mass is 457 g/mol. The van der Waals surface area contributed by atoms with E-state index in [9.17, 15) is 20.2 Å². The van der Waals surface area contributed by atoms with Crippen LogP contribution in [0.4, 0.5) is 10.8 Å². The maximum atomic E-state index is 12.4. The van der Waals surface area contributed by atoms with Crippen molar-refractivity contribution >= 4 is 46.1 Å². The maximum Gasteiger partial charge on any atom is 0.284 e. The van der Waals surface area contributed by atoms with Gasteiger partial charge in [-0.1, -0.05) is 18.7 Å². The minimum atomic E-state index is -0.667. The summed E-state index contributed by atoms with van der Waals surface area (Å²) < 4.78 is 14.7. The van der Waals surface area contributed by atoms with E-state index in [0.29, 0.717) is 10.9 Å². The number of nitrogens with one attached hydrogen (secondary N) is 1. The normalized spacial score (nSPS) is 11.1. The zero-order chi connectivity index (χ0) is 22.4. The number of ether oxygens (including phenoxy) is 1. The minimum Gasteiger partial charge on any atom is -0.497 e. The molecule has 0 atom stereocenters. The van der Waals surface area contributed by atoms with E-state index in [4.69, 9.17) is 9.15 Å². The Balaban J connectivity index is 1.83. The predicted octanol–water partition coefficient (Wildman–Crippen LogP) is 4.37. The molecular formula is C19H15N5O5S2. The van der Waals surface area contributed by atoms with Gasteiger partial charge in [-0.25, -0.2) is 0 Å². The largest absolute Gasteiger partial charge is 0.497 e. The van der Waals surface area contributed by atoms with Crippen LogP contribution < -0.4 is 10.1 Å². The molecule has 0 unspecified atom stereocenters. The van der Waals surface area contributed by atoms with Crippen LogP contribution in [0.5, 0.6) is 5.75 Å². The summed E-state index contributed by atoms with van der Waals surface area (Å²) in [5.74, 6) is 0.860. The Kier molecular flexibility index (Phi) is 7.01. The second-order valence-corrected chi connectivity index (χ2v) is 7.76. The number of methoxy groups -OCH3 is 1. The maximum absolute atomic E-state index is 12.4. The van der Waals surface area contributed by atoms with Gasteiger partial charge in [0.05, 0.1) is 23.7 Å². The Morgan fingerprint density at radius 3 is 2.94 bits per heavy atom. The Morgan fingerprint density at radius 1 is 1.45 bits per heavy atom. The van der Waals surface area contributed by atoms with Crippen molar-refractivity contribution in [2.45, 2.75) is 12.1 Å². The molecule has 0 radical (unpaired) electrons. The zero-order valence-electron chi connectivity index (χ0n) is 16.3. The molecule has 0 spiro atoms. The molecule has 0 aliphatic rings. The average Bonchev–Trinajstić information content (AvgIpc) is 3.41. The van der Waals surface area contributed by atoms with E-state index in [1.807, 2.05) is 13.0 Å². The summed E-state index contributed by atoms with van der Waals surface area (Å²) in [6.07, 6.45) is 1.25. The van der Waals surface area contributed by atoms with Crippen LogP contribution in [0.15, 0.2) is 45.5 Å². The number of nitrogens with zero attached hydrogens (tertiary/aromatic N) is 4. The number of carbonyl (C=O) groups excluding carboxylic acids is 1. The van der Waals surface area contributed by atoms with Gasteiger partial charge in [0.2, 0.25) is 10.3 Å². The van der Waals surface area contributed by atoms with Crippen LogP contribution in [0, 0.1) is 21.4 Å². The molecule has 0 saturated carbocycles. The fourth-order valence-corrected chi connectivity index (χ4v) is 3.74. The second-order valence-electron chi connectivity index (χ2n) is 5.78. The molecule has 0 fully saturated rings. The molecule has 158 valence electrons. The lowest BCUT2D eigenvalue weighted by molar-refractivity contribution is -0.384. The molecule has 0 bridgehead atoms. The van der Waals surface area contributed by atoms with Crippen LogP contribution in [0.25, 0.3) is 17.4 Å². The van der Waals surface area contributed by atoms with Crippen LogP contribution >= 0.6 is 23.3 Å². The number of amides is 1.